The highest BCUT2D eigenvalue weighted by molar-refractivity contribution is 7.71. The summed E-state index contributed by atoms with van der Waals surface area (Å²) in [6.45, 7) is 2.20. The van der Waals surface area contributed by atoms with Crippen LogP contribution in [-0.2, 0) is 11.3 Å². The number of carbonyl (C=O) groups excluding carboxylic acids is 1. The van der Waals surface area contributed by atoms with E-state index in [2.05, 4.69) is 25.2 Å². The van der Waals surface area contributed by atoms with Gasteiger partial charge in [-0.15, -0.1) is 0 Å². The van der Waals surface area contributed by atoms with Gasteiger partial charge in [-0.3, -0.25) is 14.2 Å². The second-order valence-corrected chi connectivity index (χ2v) is 8.53. The monoisotopic (exact) mass is 452 g/mol. The minimum atomic E-state index is -0.0636. The van der Waals surface area contributed by atoms with Gasteiger partial charge >= 0.3 is 0 Å². The van der Waals surface area contributed by atoms with Crippen LogP contribution in [0, 0.1) is 4.77 Å². The number of anilines is 1. The molecule has 1 saturated heterocycles. The molecule has 1 atom stereocenters. The number of nitrogens with one attached hydrogen (secondary N) is 2. The van der Waals surface area contributed by atoms with Gasteiger partial charge in [0.1, 0.15) is 0 Å². The van der Waals surface area contributed by atoms with Crippen LogP contribution in [-0.4, -0.2) is 44.6 Å². The van der Waals surface area contributed by atoms with E-state index in [4.69, 9.17) is 12.2 Å². The summed E-state index contributed by atoms with van der Waals surface area (Å²) in [5, 5.41) is 3.79. The molecule has 32 heavy (non-hydrogen) atoms. The van der Waals surface area contributed by atoms with E-state index in [0.29, 0.717) is 29.1 Å². The highest BCUT2D eigenvalue weighted by atomic mass is 32.1. The van der Waals surface area contributed by atoms with Crippen molar-refractivity contribution in [1.82, 2.24) is 24.8 Å². The van der Waals surface area contributed by atoms with E-state index >= 15 is 0 Å². The Morgan fingerprint density at radius 1 is 1.16 bits per heavy atom. The Morgan fingerprint density at radius 2 is 1.97 bits per heavy atom. The number of unbranched alkanes of at least 4 members (excludes halogenated alkanes) is 2. The van der Waals surface area contributed by atoms with Crippen LogP contribution in [0.2, 0.25) is 0 Å². The lowest BCUT2D eigenvalue weighted by Crippen LogP contribution is -2.48. The number of carbonyl (C=O) groups is 1. The molecule has 1 fully saturated rings. The predicted molar refractivity (Wildman–Crippen MR) is 127 cm³/mol. The second kappa shape index (κ2) is 10.5. The molecule has 9 heteroatoms. The molecule has 1 aliphatic rings. The lowest BCUT2D eigenvalue weighted by Gasteiger charge is -2.33. The summed E-state index contributed by atoms with van der Waals surface area (Å²) in [5.41, 5.74) is 0.696. The second-order valence-electron chi connectivity index (χ2n) is 8.14. The molecule has 1 amide bonds. The SMILES string of the molecule is O=C(CCCCCn1c(=S)[nH]c2ccccc2c1=O)NC1CCCN(c2ncccn2)C1. The number of H-pyrrole nitrogens is 1. The van der Waals surface area contributed by atoms with Crippen molar-refractivity contribution >= 4 is 35.0 Å². The Kier molecular flexibility index (Phi) is 7.26. The molecule has 0 aliphatic carbocycles. The first-order chi connectivity index (χ1) is 15.6. The molecule has 1 aromatic carbocycles. The fraction of sp³-hybridized carbons (Fsp3) is 0.435. The number of aromatic nitrogens is 4. The van der Waals surface area contributed by atoms with Crippen LogP contribution in [0.15, 0.2) is 47.5 Å². The zero-order valence-electron chi connectivity index (χ0n) is 18.0. The van der Waals surface area contributed by atoms with Gasteiger partial charge < -0.3 is 15.2 Å². The maximum absolute atomic E-state index is 12.7. The summed E-state index contributed by atoms with van der Waals surface area (Å²) < 4.78 is 2.05. The average molecular weight is 453 g/mol. The van der Waals surface area contributed by atoms with E-state index in [-0.39, 0.29) is 17.5 Å². The van der Waals surface area contributed by atoms with Gasteiger partial charge in [-0.1, -0.05) is 18.6 Å². The molecule has 2 aromatic heterocycles. The van der Waals surface area contributed by atoms with Crippen molar-refractivity contribution in [1.29, 1.82) is 0 Å². The fourth-order valence-corrected chi connectivity index (χ4v) is 4.45. The number of hydrogen-bond acceptors (Lipinski definition) is 6. The van der Waals surface area contributed by atoms with E-state index in [1.807, 2.05) is 18.2 Å². The molecule has 168 valence electrons. The third kappa shape index (κ3) is 5.40. The molecular formula is C23H28N6O2S. The van der Waals surface area contributed by atoms with Gasteiger partial charge in [0.05, 0.1) is 10.9 Å². The number of fused-ring (bicyclic) bond motifs is 1. The van der Waals surface area contributed by atoms with Crippen molar-refractivity contribution in [3.8, 4) is 0 Å². The first-order valence-electron chi connectivity index (χ1n) is 11.1. The van der Waals surface area contributed by atoms with Crippen LogP contribution in [0.25, 0.3) is 10.9 Å². The number of benzene rings is 1. The first-order valence-corrected chi connectivity index (χ1v) is 11.6. The molecule has 4 rings (SSSR count). The molecule has 8 nitrogen and oxygen atoms in total. The van der Waals surface area contributed by atoms with E-state index in [9.17, 15) is 9.59 Å². The molecule has 3 aromatic rings. The maximum atomic E-state index is 12.7. The molecule has 3 heterocycles. The quantitative estimate of drug-likeness (QED) is 0.403. The summed E-state index contributed by atoms with van der Waals surface area (Å²) in [6.07, 6.45) is 8.37. The zero-order chi connectivity index (χ0) is 22.3. The van der Waals surface area contributed by atoms with E-state index < -0.39 is 0 Å². The lowest BCUT2D eigenvalue weighted by atomic mass is 10.1. The summed E-state index contributed by atoms with van der Waals surface area (Å²) >= 11 is 5.35. The predicted octanol–water partition coefficient (Wildman–Crippen LogP) is 3.19. The van der Waals surface area contributed by atoms with Gasteiger partial charge in [0, 0.05) is 44.5 Å². The van der Waals surface area contributed by atoms with Crippen LogP contribution in [0.5, 0.6) is 0 Å². The fourth-order valence-electron chi connectivity index (χ4n) is 4.17. The summed E-state index contributed by atoms with van der Waals surface area (Å²) in [5.74, 6) is 0.791. The van der Waals surface area contributed by atoms with Crippen molar-refractivity contribution in [2.24, 2.45) is 0 Å². The van der Waals surface area contributed by atoms with E-state index in [0.717, 1.165) is 50.7 Å². The van der Waals surface area contributed by atoms with Gasteiger partial charge in [0.25, 0.3) is 5.56 Å². The minimum absolute atomic E-state index is 0.0636. The van der Waals surface area contributed by atoms with Gasteiger partial charge in [-0.25, -0.2) is 9.97 Å². The Balaban J connectivity index is 1.21. The smallest absolute Gasteiger partial charge is 0.262 e. The lowest BCUT2D eigenvalue weighted by molar-refractivity contribution is -0.122. The van der Waals surface area contributed by atoms with Crippen LogP contribution in [0.4, 0.5) is 5.95 Å². The van der Waals surface area contributed by atoms with Crippen molar-refractivity contribution in [2.75, 3.05) is 18.0 Å². The topological polar surface area (TPSA) is 95.9 Å². The van der Waals surface area contributed by atoms with Crippen molar-refractivity contribution in [3.63, 3.8) is 0 Å². The highest BCUT2D eigenvalue weighted by Crippen LogP contribution is 2.15. The number of nitrogens with zero attached hydrogens (tertiary/aromatic N) is 4. The maximum Gasteiger partial charge on any atom is 0.262 e. The summed E-state index contributed by atoms with van der Waals surface area (Å²) in [6, 6.07) is 9.31. The van der Waals surface area contributed by atoms with Gasteiger partial charge in [0.2, 0.25) is 11.9 Å². The Bertz CT molecular complexity index is 1180. The third-order valence-electron chi connectivity index (χ3n) is 5.80. The molecule has 0 saturated carbocycles. The summed E-state index contributed by atoms with van der Waals surface area (Å²) in [7, 11) is 0. The van der Waals surface area contributed by atoms with E-state index in [1.54, 1.807) is 29.1 Å². The van der Waals surface area contributed by atoms with Crippen LogP contribution in [0.3, 0.4) is 0 Å². The Hall–Kier alpha value is -3.07. The van der Waals surface area contributed by atoms with Crippen molar-refractivity contribution in [2.45, 2.75) is 51.1 Å². The van der Waals surface area contributed by atoms with Gasteiger partial charge in [0.15, 0.2) is 4.77 Å². The third-order valence-corrected chi connectivity index (χ3v) is 6.12. The molecule has 0 radical (unpaired) electrons. The number of piperidine rings is 1. The molecular weight excluding hydrogens is 424 g/mol. The van der Waals surface area contributed by atoms with Gasteiger partial charge in [-0.2, -0.15) is 0 Å². The Labute approximate surface area is 191 Å². The summed E-state index contributed by atoms with van der Waals surface area (Å²) in [4.78, 5) is 38.9. The number of para-hydroxylation sites is 1. The first kappa shape index (κ1) is 22.1. The number of rotatable bonds is 8. The molecule has 1 aliphatic heterocycles. The van der Waals surface area contributed by atoms with Crippen LogP contribution < -0.4 is 15.8 Å². The zero-order valence-corrected chi connectivity index (χ0v) is 18.8. The standard InChI is InChI=1S/C23H28N6O2S/c30-20(26-17-8-6-14-28(16-17)22-24-12-7-13-25-22)11-2-1-5-15-29-21(31)18-9-3-4-10-19(18)27-23(29)32/h3-4,7,9-10,12-13,17H,1-2,5-6,8,11,14-16H2,(H,26,30)(H,27,32). The van der Waals surface area contributed by atoms with Crippen LogP contribution in [0.1, 0.15) is 38.5 Å². The van der Waals surface area contributed by atoms with Crippen LogP contribution >= 0.6 is 12.2 Å². The highest BCUT2D eigenvalue weighted by Gasteiger charge is 2.22. The van der Waals surface area contributed by atoms with Gasteiger partial charge in [-0.05, 0) is 56.1 Å². The molecule has 1 unspecified atom stereocenters. The Morgan fingerprint density at radius 3 is 2.81 bits per heavy atom. The van der Waals surface area contributed by atoms with Crippen molar-refractivity contribution < 1.29 is 4.79 Å². The number of aromatic amines is 1. The van der Waals surface area contributed by atoms with E-state index in [1.165, 1.54) is 0 Å². The largest absolute Gasteiger partial charge is 0.352 e. The minimum Gasteiger partial charge on any atom is -0.352 e. The normalized spacial score (nSPS) is 16.2. The van der Waals surface area contributed by atoms with Crippen molar-refractivity contribution in [3.05, 3.63) is 57.9 Å². The molecule has 0 spiro atoms. The molecule has 2 N–H and O–H groups in total. The molecule has 0 bridgehead atoms. The average Bonchev–Trinajstić information content (AvgIpc) is 2.81. The number of hydrogen-bond donors (Lipinski definition) is 2. The number of amides is 1.